The second kappa shape index (κ2) is 3.29. The SMILES string of the molecule is [C-]#[N+]C1=C[C@]2(C)CNCC=C2C(C)(C)C1=O. The Bertz CT molecular complexity index is 451. The number of rotatable bonds is 0. The van der Waals surface area contributed by atoms with Gasteiger partial charge in [0.25, 0.3) is 0 Å². The van der Waals surface area contributed by atoms with Crippen molar-refractivity contribution in [2.45, 2.75) is 20.8 Å². The molecule has 0 amide bonds. The zero-order valence-electron chi connectivity index (χ0n) is 9.92. The van der Waals surface area contributed by atoms with Gasteiger partial charge in [-0.15, -0.1) is 0 Å². The largest absolute Gasteiger partial charge is 0.312 e. The van der Waals surface area contributed by atoms with E-state index in [4.69, 9.17) is 6.57 Å². The van der Waals surface area contributed by atoms with E-state index in [0.29, 0.717) is 0 Å². The summed E-state index contributed by atoms with van der Waals surface area (Å²) in [6.45, 7) is 14.6. The lowest BCUT2D eigenvalue weighted by molar-refractivity contribution is -0.122. The van der Waals surface area contributed by atoms with Gasteiger partial charge < -0.3 is 10.1 Å². The molecule has 84 valence electrons. The van der Waals surface area contributed by atoms with Gasteiger partial charge in [0.15, 0.2) is 5.78 Å². The zero-order valence-corrected chi connectivity index (χ0v) is 9.92. The first-order valence-corrected chi connectivity index (χ1v) is 5.49. The molecule has 1 N–H and O–H groups in total. The van der Waals surface area contributed by atoms with Gasteiger partial charge in [-0.2, -0.15) is 0 Å². The number of allylic oxidation sites excluding steroid dienone is 1. The molecule has 1 atom stereocenters. The van der Waals surface area contributed by atoms with Crippen molar-refractivity contribution < 1.29 is 4.79 Å². The molecule has 3 nitrogen and oxygen atoms in total. The molecule has 0 spiro atoms. The van der Waals surface area contributed by atoms with Crippen LogP contribution in [0.4, 0.5) is 0 Å². The molecule has 2 rings (SSSR count). The highest BCUT2D eigenvalue weighted by Crippen LogP contribution is 2.48. The van der Waals surface area contributed by atoms with Crippen LogP contribution in [-0.4, -0.2) is 18.9 Å². The lowest BCUT2D eigenvalue weighted by Gasteiger charge is -2.45. The number of carbonyl (C=O) groups is 1. The molecule has 0 saturated heterocycles. The third-order valence-electron chi connectivity index (χ3n) is 3.61. The summed E-state index contributed by atoms with van der Waals surface area (Å²) in [6.07, 6.45) is 3.92. The molecular formula is C13H16N2O. The highest BCUT2D eigenvalue weighted by Gasteiger charge is 2.47. The number of nitrogens with zero attached hydrogens (tertiary/aromatic N) is 1. The van der Waals surface area contributed by atoms with Crippen LogP contribution < -0.4 is 5.32 Å². The van der Waals surface area contributed by atoms with Crippen molar-refractivity contribution in [3.63, 3.8) is 0 Å². The smallest absolute Gasteiger partial charge is 0.227 e. The predicted octanol–water partition coefficient (Wildman–Crippen LogP) is 1.93. The Morgan fingerprint density at radius 2 is 2.12 bits per heavy atom. The molecular weight excluding hydrogens is 200 g/mol. The quantitative estimate of drug-likeness (QED) is 0.496. The summed E-state index contributed by atoms with van der Waals surface area (Å²) in [5.41, 5.74) is 0.714. The summed E-state index contributed by atoms with van der Waals surface area (Å²) in [5.74, 6) is -0.0480. The van der Waals surface area contributed by atoms with Crippen molar-refractivity contribution in [2.24, 2.45) is 10.8 Å². The van der Waals surface area contributed by atoms with Crippen molar-refractivity contribution >= 4 is 5.78 Å². The lowest BCUT2D eigenvalue weighted by atomic mass is 9.61. The summed E-state index contributed by atoms with van der Waals surface area (Å²) < 4.78 is 0. The van der Waals surface area contributed by atoms with E-state index in [1.807, 2.05) is 19.9 Å². The van der Waals surface area contributed by atoms with Crippen LogP contribution in [-0.2, 0) is 4.79 Å². The molecule has 0 radical (unpaired) electrons. The van der Waals surface area contributed by atoms with Crippen LogP contribution in [0.15, 0.2) is 23.4 Å². The van der Waals surface area contributed by atoms with Crippen LogP contribution in [0.2, 0.25) is 0 Å². The number of ketones is 1. The maximum Gasteiger partial charge on any atom is 0.227 e. The van der Waals surface area contributed by atoms with E-state index in [2.05, 4.69) is 23.2 Å². The fourth-order valence-corrected chi connectivity index (χ4v) is 2.83. The standard InChI is InChI=1S/C13H16N2O/c1-12(2)10-5-6-15-8-13(10,3)7-9(14-4)11(12)16/h5,7,15H,6,8H2,1-3H3/t13-/m1/s1. The van der Waals surface area contributed by atoms with Crippen LogP contribution in [0.3, 0.4) is 0 Å². The molecule has 1 aliphatic heterocycles. The van der Waals surface area contributed by atoms with Gasteiger partial charge in [-0.3, -0.25) is 0 Å². The van der Waals surface area contributed by atoms with E-state index in [-0.39, 0.29) is 16.9 Å². The minimum absolute atomic E-state index is 0.0480. The van der Waals surface area contributed by atoms with Gasteiger partial charge in [0.1, 0.15) is 0 Å². The van der Waals surface area contributed by atoms with Crippen LogP contribution in [0, 0.1) is 17.4 Å². The van der Waals surface area contributed by atoms with Crippen molar-refractivity contribution in [1.29, 1.82) is 0 Å². The molecule has 1 aliphatic carbocycles. The van der Waals surface area contributed by atoms with Gasteiger partial charge in [0.05, 0.1) is 6.57 Å². The van der Waals surface area contributed by atoms with Gasteiger partial charge in [0, 0.05) is 23.9 Å². The Morgan fingerprint density at radius 1 is 1.44 bits per heavy atom. The average molecular weight is 216 g/mol. The van der Waals surface area contributed by atoms with E-state index in [1.54, 1.807) is 0 Å². The predicted molar refractivity (Wildman–Crippen MR) is 62.5 cm³/mol. The van der Waals surface area contributed by atoms with Crippen molar-refractivity contribution in [3.8, 4) is 0 Å². The van der Waals surface area contributed by atoms with Crippen molar-refractivity contribution in [1.82, 2.24) is 5.32 Å². The number of nitrogens with one attached hydrogen (secondary N) is 1. The molecule has 0 bridgehead atoms. The normalized spacial score (nSPS) is 32.2. The number of hydrogen-bond donors (Lipinski definition) is 1. The first-order valence-electron chi connectivity index (χ1n) is 5.49. The monoisotopic (exact) mass is 216 g/mol. The average Bonchev–Trinajstić information content (AvgIpc) is 2.24. The molecule has 0 saturated carbocycles. The number of hydrogen-bond acceptors (Lipinski definition) is 2. The minimum Gasteiger partial charge on any atom is -0.312 e. The van der Waals surface area contributed by atoms with Crippen LogP contribution in [0.1, 0.15) is 20.8 Å². The van der Waals surface area contributed by atoms with E-state index in [9.17, 15) is 4.79 Å². The van der Waals surface area contributed by atoms with E-state index >= 15 is 0 Å². The third-order valence-corrected chi connectivity index (χ3v) is 3.61. The van der Waals surface area contributed by atoms with Crippen LogP contribution in [0.25, 0.3) is 4.85 Å². The Morgan fingerprint density at radius 3 is 2.75 bits per heavy atom. The van der Waals surface area contributed by atoms with Crippen molar-refractivity contribution in [2.75, 3.05) is 13.1 Å². The first kappa shape index (κ1) is 11.1. The molecule has 1 heterocycles. The summed E-state index contributed by atoms with van der Waals surface area (Å²) in [6, 6.07) is 0. The molecule has 0 fully saturated rings. The van der Waals surface area contributed by atoms with Gasteiger partial charge in [-0.1, -0.05) is 38.5 Å². The molecule has 0 aromatic heterocycles. The number of carbonyl (C=O) groups excluding carboxylic acids is 1. The summed E-state index contributed by atoms with van der Waals surface area (Å²) >= 11 is 0. The highest BCUT2D eigenvalue weighted by atomic mass is 16.1. The van der Waals surface area contributed by atoms with Gasteiger partial charge in [-0.25, -0.2) is 4.85 Å². The Balaban J connectivity index is 2.64. The van der Waals surface area contributed by atoms with E-state index in [0.717, 1.165) is 18.7 Å². The first-order chi connectivity index (χ1) is 7.42. The molecule has 3 heteroatoms. The maximum atomic E-state index is 12.1. The summed E-state index contributed by atoms with van der Waals surface area (Å²) in [5, 5.41) is 3.29. The van der Waals surface area contributed by atoms with E-state index in [1.165, 1.54) is 0 Å². The fraction of sp³-hybridized carbons (Fsp3) is 0.538. The number of fused-ring (bicyclic) bond motifs is 1. The molecule has 16 heavy (non-hydrogen) atoms. The Kier molecular flexibility index (Phi) is 2.28. The van der Waals surface area contributed by atoms with Crippen LogP contribution >= 0.6 is 0 Å². The zero-order chi connectivity index (χ0) is 12.0. The second-order valence-corrected chi connectivity index (χ2v) is 5.26. The second-order valence-electron chi connectivity index (χ2n) is 5.26. The van der Waals surface area contributed by atoms with E-state index < -0.39 is 5.41 Å². The molecule has 0 aromatic rings. The fourth-order valence-electron chi connectivity index (χ4n) is 2.83. The van der Waals surface area contributed by atoms with Gasteiger partial charge in [0.2, 0.25) is 5.70 Å². The maximum absolute atomic E-state index is 12.1. The molecule has 2 aliphatic rings. The van der Waals surface area contributed by atoms with Crippen LogP contribution in [0.5, 0.6) is 0 Å². The lowest BCUT2D eigenvalue weighted by Crippen LogP contribution is -2.47. The van der Waals surface area contributed by atoms with Gasteiger partial charge in [-0.05, 0) is 0 Å². The van der Waals surface area contributed by atoms with Crippen molar-refractivity contribution in [3.05, 3.63) is 34.8 Å². The topological polar surface area (TPSA) is 33.5 Å². The molecule has 0 aromatic carbocycles. The molecule has 0 unspecified atom stereocenters. The Hall–Kier alpha value is -1.40. The number of Topliss-reactive ketones (excluding diaryl/α,β-unsaturated/α-hetero) is 1. The Labute approximate surface area is 96.0 Å². The summed E-state index contributed by atoms with van der Waals surface area (Å²) in [4.78, 5) is 15.5. The third kappa shape index (κ3) is 1.34. The van der Waals surface area contributed by atoms with Gasteiger partial charge >= 0.3 is 0 Å². The minimum atomic E-state index is -0.536. The highest BCUT2D eigenvalue weighted by molar-refractivity contribution is 6.04. The summed E-state index contributed by atoms with van der Waals surface area (Å²) in [7, 11) is 0.